The van der Waals surface area contributed by atoms with Crippen molar-refractivity contribution in [3.05, 3.63) is 29.8 Å². The van der Waals surface area contributed by atoms with Crippen molar-refractivity contribution in [1.29, 1.82) is 0 Å². The van der Waals surface area contributed by atoms with E-state index in [1.807, 2.05) is 30.0 Å². The summed E-state index contributed by atoms with van der Waals surface area (Å²) < 4.78 is 5.74. The molecular weight excluding hydrogens is 230 g/mol. The molecule has 0 radical (unpaired) electrons. The summed E-state index contributed by atoms with van der Waals surface area (Å²) in [6, 6.07) is 8.17. The molecule has 0 spiro atoms. The Morgan fingerprint density at radius 2 is 1.88 bits per heavy atom. The van der Waals surface area contributed by atoms with Crippen LogP contribution in [0.15, 0.2) is 24.3 Å². The first-order valence-corrected chi connectivity index (χ1v) is 7.46. The fraction of sp³-hybridized carbons (Fsp3) is 0.571. The molecule has 2 nitrogen and oxygen atoms in total. The van der Waals surface area contributed by atoms with Crippen LogP contribution in [-0.4, -0.2) is 24.7 Å². The van der Waals surface area contributed by atoms with Crippen LogP contribution in [0.3, 0.4) is 0 Å². The number of benzene rings is 1. The van der Waals surface area contributed by atoms with Crippen LogP contribution in [0.5, 0.6) is 5.75 Å². The highest BCUT2D eigenvalue weighted by atomic mass is 32.2. The maximum Gasteiger partial charge on any atom is 0.122 e. The minimum atomic E-state index is 0.809. The van der Waals surface area contributed by atoms with E-state index < -0.39 is 0 Å². The highest BCUT2D eigenvalue weighted by molar-refractivity contribution is 7.99. The Bertz CT molecular complexity index is 304. The number of hydrogen-bond donors (Lipinski definition) is 1. The lowest BCUT2D eigenvalue weighted by Gasteiger charge is -2.08. The van der Waals surface area contributed by atoms with Crippen molar-refractivity contribution in [2.45, 2.75) is 26.2 Å². The molecule has 0 aliphatic heterocycles. The van der Waals surface area contributed by atoms with E-state index in [1.54, 1.807) is 0 Å². The summed E-state index contributed by atoms with van der Waals surface area (Å²) in [7, 11) is 0. The quantitative estimate of drug-likeness (QED) is 0.686. The number of ether oxygens (including phenoxy) is 1. The van der Waals surface area contributed by atoms with Gasteiger partial charge >= 0.3 is 0 Å². The van der Waals surface area contributed by atoms with Gasteiger partial charge in [0, 0.05) is 0 Å². The predicted octanol–water partition coefficient (Wildman–Crippen LogP) is 3.24. The van der Waals surface area contributed by atoms with Gasteiger partial charge in [-0.15, -0.1) is 0 Å². The van der Waals surface area contributed by atoms with Crippen LogP contribution in [0, 0.1) is 6.92 Å². The first kappa shape index (κ1) is 14.4. The van der Waals surface area contributed by atoms with Crippen LogP contribution < -0.4 is 10.5 Å². The van der Waals surface area contributed by atoms with Gasteiger partial charge in [0.15, 0.2) is 0 Å². The molecule has 1 aromatic rings. The molecule has 0 atom stereocenters. The van der Waals surface area contributed by atoms with Gasteiger partial charge in [-0.3, -0.25) is 0 Å². The van der Waals surface area contributed by atoms with Gasteiger partial charge in [0.2, 0.25) is 0 Å². The Balaban J connectivity index is 1.99. The van der Waals surface area contributed by atoms with Crippen molar-refractivity contribution in [3.8, 4) is 5.75 Å². The summed E-state index contributed by atoms with van der Waals surface area (Å²) in [5.74, 6) is 3.43. The van der Waals surface area contributed by atoms with E-state index in [1.165, 1.54) is 23.5 Å². The van der Waals surface area contributed by atoms with E-state index in [4.69, 9.17) is 10.5 Å². The molecule has 2 N–H and O–H groups in total. The standard InChI is InChI=1S/C14H23NOS/c1-13-7-2-3-8-14(13)16-10-4-5-11-17-12-6-9-15/h2-3,7-8H,4-6,9-12,15H2,1H3. The van der Waals surface area contributed by atoms with E-state index in [0.717, 1.165) is 31.7 Å². The molecule has 0 heterocycles. The fourth-order valence-electron chi connectivity index (χ4n) is 1.49. The zero-order valence-electron chi connectivity index (χ0n) is 10.7. The fourth-order valence-corrected chi connectivity index (χ4v) is 2.48. The van der Waals surface area contributed by atoms with Gasteiger partial charge in [0.05, 0.1) is 6.61 Å². The second-order valence-electron chi connectivity index (χ2n) is 4.08. The van der Waals surface area contributed by atoms with Gasteiger partial charge in [-0.2, -0.15) is 11.8 Å². The molecule has 96 valence electrons. The van der Waals surface area contributed by atoms with Gasteiger partial charge in [0.25, 0.3) is 0 Å². The number of aryl methyl sites for hydroxylation is 1. The van der Waals surface area contributed by atoms with Gasteiger partial charge in [-0.25, -0.2) is 0 Å². The van der Waals surface area contributed by atoms with E-state index in [0.29, 0.717) is 0 Å². The van der Waals surface area contributed by atoms with Crippen LogP contribution >= 0.6 is 11.8 Å². The third-order valence-corrected chi connectivity index (χ3v) is 3.68. The van der Waals surface area contributed by atoms with Crippen molar-refractivity contribution < 1.29 is 4.74 Å². The van der Waals surface area contributed by atoms with Crippen LogP contribution in [0.2, 0.25) is 0 Å². The monoisotopic (exact) mass is 253 g/mol. The molecule has 1 rings (SSSR count). The maximum absolute atomic E-state index is 5.74. The topological polar surface area (TPSA) is 35.2 Å². The number of hydrogen-bond acceptors (Lipinski definition) is 3. The number of nitrogens with two attached hydrogens (primary N) is 1. The average Bonchev–Trinajstić information content (AvgIpc) is 2.35. The molecule has 1 aromatic carbocycles. The van der Waals surface area contributed by atoms with E-state index in [9.17, 15) is 0 Å². The minimum absolute atomic E-state index is 0.809. The average molecular weight is 253 g/mol. The van der Waals surface area contributed by atoms with Crippen LogP contribution in [0.4, 0.5) is 0 Å². The molecule has 0 aromatic heterocycles. The molecule has 3 heteroatoms. The molecule has 0 aliphatic carbocycles. The van der Waals surface area contributed by atoms with Crippen molar-refractivity contribution in [3.63, 3.8) is 0 Å². The van der Waals surface area contributed by atoms with Gasteiger partial charge in [-0.1, -0.05) is 18.2 Å². The summed E-state index contributed by atoms with van der Waals surface area (Å²) in [4.78, 5) is 0. The largest absolute Gasteiger partial charge is 0.493 e. The second-order valence-corrected chi connectivity index (χ2v) is 5.30. The second kappa shape index (κ2) is 9.37. The Labute approximate surface area is 109 Å². The minimum Gasteiger partial charge on any atom is -0.493 e. The van der Waals surface area contributed by atoms with E-state index in [-0.39, 0.29) is 0 Å². The highest BCUT2D eigenvalue weighted by Crippen LogP contribution is 2.16. The van der Waals surface area contributed by atoms with Crippen LogP contribution in [-0.2, 0) is 0 Å². The molecule has 0 bridgehead atoms. The number of rotatable bonds is 9. The molecule has 0 fully saturated rings. The van der Waals surface area contributed by atoms with Gasteiger partial charge in [-0.05, 0) is 55.9 Å². The normalized spacial score (nSPS) is 10.5. The summed E-state index contributed by atoms with van der Waals surface area (Å²) in [5.41, 5.74) is 6.65. The zero-order valence-corrected chi connectivity index (χ0v) is 11.5. The summed E-state index contributed by atoms with van der Waals surface area (Å²) in [6.07, 6.45) is 3.48. The molecular formula is C14H23NOS. The molecule has 0 saturated heterocycles. The summed E-state index contributed by atoms with van der Waals surface area (Å²) >= 11 is 1.99. The lowest BCUT2D eigenvalue weighted by atomic mass is 10.2. The van der Waals surface area contributed by atoms with Crippen LogP contribution in [0.25, 0.3) is 0 Å². The lowest BCUT2D eigenvalue weighted by Crippen LogP contribution is -2.01. The van der Waals surface area contributed by atoms with E-state index in [2.05, 4.69) is 13.0 Å². The first-order chi connectivity index (χ1) is 8.34. The lowest BCUT2D eigenvalue weighted by molar-refractivity contribution is 0.308. The van der Waals surface area contributed by atoms with Gasteiger partial charge in [0.1, 0.15) is 5.75 Å². The highest BCUT2D eigenvalue weighted by Gasteiger charge is 1.97. The zero-order chi connectivity index (χ0) is 12.3. The van der Waals surface area contributed by atoms with Crippen molar-refractivity contribution >= 4 is 11.8 Å². The summed E-state index contributed by atoms with van der Waals surface area (Å²) in [6.45, 7) is 3.71. The Kier molecular flexibility index (Phi) is 7.93. The SMILES string of the molecule is Cc1ccccc1OCCCCSCCCN. The maximum atomic E-state index is 5.74. The van der Waals surface area contributed by atoms with Crippen molar-refractivity contribution in [1.82, 2.24) is 0 Å². The van der Waals surface area contributed by atoms with E-state index >= 15 is 0 Å². The Hall–Kier alpha value is -0.670. The number of unbranched alkanes of at least 4 members (excludes halogenated alkanes) is 1. The summed E-state index contributed by atoms with van der Waals surface area (Å²) in [5, 5.41) is 0. The molecule has 0 aliphatic rings. The van der Waals surface area contributed by atoms with Gasteiger partial charge < -0.3 is 10.5 Å². The molecule has 0 amide bonds. The third kappa shape index (κ3) is 6.59. The number of para-hydroxylation sites is 1. The Morgan fingerprint density at radius 1 is 1.12 bits per heavy atom. The Morgan fingerprint density at radius 3 is 2.65 bits per heavy atom. The molecule has 17 heavy (non-hydrogen) atoms. The van der Waals surface area contributed by atoms with Crippen molar-refractivity contribution in [2.75, 3.05) is 24.7 Å². The number of thioether (sulfide) groups is 1. The first-order valence-electron chi connectivity index (χ1n) is 6.31. The van der Waals surface area contributed by atoms with Crippen molar-refractivity contribution in [2.24, 2.45) is 5.73 Å². The predicted molar refractivity (Wildman–Crippen MR) is 76.9 cm³/mol. The van der Waals surface area contributed by atoms with Crippen LogP contribution in [0.1, 0.15) is 24.8 Å². The smallest absolute Gasteiger partial charge is 0.122 e. The molecule has 0 unspecified atom stereocenters. The molecule has 0 saturated carbocycles. The third-order valence-electron chi connectivity index (χ3n) is 2.53.